The van der Waals surface area contributed by atoms with Crippen molar-refractivity contribution in [2.24, 2.45) is 13.0 Å². The predicted molar refractivity (Wildman–Crippen MR) is 91.5 cm³/mol. The van der Waals surface area contributed by atoms with Crippen LogP contribution in [0.5, 0.6) is 0 Å². The van der Waals surface area contributed by atoms with E-state index in [0.717, 1.165) is 5.56 Å². The molecular weight excluding hydrogens is 320 g/mol. The monoisotopic (exact) mass is 342 g/mol. The van der Waals surface area contributed by atoms with Crippen LogP contribution in [0.3, 0.4) is 0 Å². The number of nitrogens with zero attached hydrogens (tertiary/aromatic N) is 4. The van der Waals surface area contributed by atoms with Gasteiger partial charge in [-0.15, -0.1) is 0 Å². The lowest BCUT2D eigenvalue weighted by Crippen LogP contribution is -2.45. The van der Waals surface area contributed by atoms with Gasteiger partial charge in [-0.25, -0.2) is 0 Å². The number of hydrogen-bond acceptors (Lipinski definition) is 5. The van der Waals surface area contributed by atoms with Gasteiger partial charge in [0.15, 0.2) is 0 Å². The van der Waals surface area contributed by atoms with E-state index in [1.165, 1.54) is 0 Å². The van der Waals surface area contributed by atoms with Gasteiger partial charge < -0.3 is 10.6 Å². The van der Waals surface area contributed by atoms with Gasteiger partial charge in [0.2, 0.25) is 5.91 Å². The molecule has 2 atom stereocenters. The van der Waals surface area contributed by atoms with E-state index in [9.17, 15) is 9.59 Å². The lowest BCUT2D eigenvalue weighted by atomic mass is 10.0. The second kappa shape index (κ2) is 7.43. The van der Waals surface area contributed by atoms with Crippen LogP contribution < -0.4 is 10.6 Å². The third-order valence-corrected chi connectivity index (χ3v) is 4.40. The summed E-state index contributed by atoms with van der Waals surface area (Å²) in [5, 5.41) is 9.76. The molecule has 0 saturated carbocycles. The number of carbonyl (C=O) groups is 2. The molecule has 0 radical (unpaired) electrons. The predicted octanol–water partition coefficient (Wildman–Crippen LogP) is -0.208. The first-order valence-corrected chi connectivity index (χ1v) is 8.20. The van der Waals surface area contributed by atoms with Crippen LogP contribution in [0, 0.1) is 5.92 Å². The van der Waals surface area contributed by atoms with Crippen molar-refractivity contribution >= 4 is 11.8 Å². The summed E-state index contributed by atoms with van der Waals surface area (Å²) < 4.78 is 1.58. The quantitative estimate of drug-likeness (QED) is 0.785. The third-order valence-electron chi connectivity index (χ3n) is 4.40. The Hall–Kier alpha value is -2.74. The summed E-state index contributed by atoms with van der Waals surface area (Å²) in [6.07, 6.45) is 5.22. The average molecular weight is 342 g/mol. The molecule has 2 aromatic rings. The largest absolute Gasteiger partial charge is 0.359 e. The van der Waals surface area contributed by atoms with Crippen LogP contribution in [0.2, 0.25) is 0 Å². The van der Waals surface area contributed by atoms with Crippen molar-refractivity contribution < 1.29 is 9.59 Å². The Labute approximate surface area is 146 Å². The van der Waals surface area contributed by atoms with Crippen molar-refractivity contribution in [2.45, 2.75) is 12.6 Å². The highest BCUT2D eigenvalue weighted by Gasteiger charge is 2.38. The fraction of sp³-hybridized carbons (Fsp3) is 0.412. The van der Waals surface area contributed by atoms with Crippen LogP contribution in [0.25, 0.3) is 0 Å². The maximum atomic E-state index is 12.4. The fourth-order valence-electron chi connectivity index (χ4n) is 3.14. The van der Waals surface area contributed by atoms with Crippen molar-refractivity contribution in [2.75, 3.05) is 20.1 Å². The summed E-state index contributed by atoms with van der Waals surface area (Å²) in [7, 11) is 3.38. The van der Waals surface area contributed by atoms with Gasteiger partial charge in [-0.2, -0.15) is 5.10 Å². The van der Waals surface area contributed by atoms with Crippen LogP contribution in [0.4, 0.5) is 0 Å². The average Bonchev–Trinajstić information content (AvgIpc) is 3.21. The molecule has 3 rings (SSSR count). The molecule has 25 heavy (non-hydrogen) atoms. The minimum atomic E-state index is -0.292. The minimum absolute atomic E-state index is 0.0662. The van der Waals surface area contributed by atoms with Crippen LogP contribution in [0.1, 0.15) is 16.1 Å². The molecular formula is C17H22N6O2. The third kappa shape index (κ3) is 4.03. The van der Waals surface area contributed by atoms with Crippen LogP contribution in [0.15, 0.2) is 36.8 Å². The molecule has 0 unspecified atom stereocenters. The minimum Gasteiger partial charge on any atom is -0.359 e. The van der Waals surface area contributed by atoms with Crippen LogP contribution >= 0.6 is 0 Å². The molecule has 1 fully saturated rings. The van der Waals surface area contributed by atoms with Gasteiger partial charge in [-0.05, 0) is 23.8 Å². The van der Waals surface area contributed by atoms with E-state index < -0.39 is 0 Å². The summed E-state index contributed by atoms with van der Waals surface area (Å²) in [6.45, 7) is 1.92. The highest BCUT2D eigenvalue weighted by atomic mass is 16.2. The van der Waals surface area contributed by atoms with Crippen molar-refractivity contribution in [3.05, 3.63) is 48.0 Å². The second-order valence-electron chi connectivity index (χ2n) is 6.22. The standard InChI is InChI=1S/C17H22N6O2/c1-18-16(24)13-10-23(9-12-3-6-19-7-4-12)11-15(13)20-17(25)14-5-8-22(2)21-14/h3-8,13,15H,9-11H2,1-2H3,(H,18,24)(H,20,25)/t13-,15-/m0/s1. The van der Waals surface area contributed by atoms with E-state index in [1.807, 2.05) is 12.1 Å². The van der Waals surface area contributed by atoms with E-state index in [-0.39, 0.29) is 23.8 Å². The number of nitrogens with one attached hydrogen (secondary N) is 2. The van der Waals surface area contributed by atoms with Crippen molar-refractivity contribution in [1.82, 2.24) is 30.3 Å². The molecule has 2 amide bonds. The van der Waals surface area contributed by atoms with Crippen molar-refractivity contribution in [3.63, 3.8) is 0 Å². The van der Waals surface area contributed by atoms with E-state index in [1.54, 1.807) is 43.4 Å². The Kier molecular flexibility index (Phi) is 5.08. The lowest BCUT2D eigenvalue weighted by molar-refractivity contribution is -0.124. The van der Waals surface area contributed by atoms with Crippen molar-refractivity contribution in [3.8, 4) is 0 Å². The van der Waals surface area contributed by atoms with Crippen LogP contribution in [-0.2, 0) is 18.4 Å². The first-order valence-electron chi connectivity index (χ1n) is 8.20. The van der Waals surface area contributed by atoms with Crippen LogP contribution in [-0.4, -0.2) is 57.7 Å². The summed E-state index contributed by atoms with van der Waals surface area (Å²) in [6, 6.07) is 5.31. The molecule has 1 saturated heterocycles. The smallest absolute Gasteiger partial charge is 0.272 e. The molecule has 2 aromatic heterocycles. The van der Waals surface area contributed by atoms with Gasteiger partial charge in [0.25, 0.3) is 5.91 Å². The normalized spacial score (nSPS) is 20.4. The molecule has 0 spiro atoms. The second-order valence-corrected chi connectivity index (χ2v) is 6.22. The van der Waals surface area contributed by atoms with E-state index in [2.05, 4.69) is 25.6 Å². The van der Waals surface area contributed by atoms with Gasteiger partial charge in [-0.1, -0.05) is 0 Å². The molecule has 0 aromatic carbocycles. The number of likely N-dealkylation sites (tertiary alicyclic amines) is 1. The number of aryl methyl sites for hydroxylation is 1. The number of amides is 2. The first kappa shape index (κ1) is 17.1. The number of pyridine rings is 1. The molecule has 1 aliphatic rings. The van der Waals surface area contributed by atoms with Gasteiger partial charge in [0.05, 0.1) is 12.0 Å². The molecule has 0 aliphatic carbocycles. The number of aromatic nitrogens is 3. The van der Waals surface area contributed by atoms with Gasteiger partial charge >= 0.3 is 0 Å². The molecule has 1 aliphatic heterocycles. The first-order chi connectivity index (χ1) is 12.1. The summed E-state index contributed by atoms with van der Waals surface area (Å²) in [4.78, 5) is 30.8. The lowest BCUT2D eigenvalue weighted by Gasteiger charge is -2.18. The molecule has 132 valence electrons. The zero-order valence-corrected chi connectivity index (χ0v) is 14.3. The molecule has 2 N–H and O–H groups in total. The number of carbonyl (C=O) groups excluding carboxylic acids is 2. The number of rotatable bonds is 5. The van der Waals surface area contributed by atoms with Gasteiger partial charge in [-0.3, -0.25) is 24.2 Å². The maximum absolute atomic E-state index is 12.4. The Morgan fingerprint density at radius 1 is 1.24 bits per heavy atom. The molecule has 8 nitrogen and oxygen atoms in total. The zero-order valence-electron chi connectivity index (χ0n) is 14.3. The maximum Gasteiger partial charge on any atom is 0.272 e. The Bertz CT molecular complexity index is 745. The topological polar surface area (TPSA) is 92.2 Å². The summed E-state index contributed by atoms with van der Waals surface area (Å²) in [5.74, 6) is -0.617. The Balaban J connectivity index is 1.69. The Morgan fingerprint density at radius 3 is 2.64 bits per heavy atom. The Morgan fingerprint density at radius 2 is 2.00 bits per heavy atom. The van der Waals surface area contributed by atoms with E-state index in [0.29, 0.717) is 25.3 Å². The van der Waals surface area contributed by atoms with E-state index >= 15 is 0 Å². The van der Waals surface area contributed by atoms with Gasteiger partial charge in [0.1, 0.15) is 5.69 Å². The molecule has 3 heterocycles. The van der Waals surface area contributed by atoms with Gasteiger partial charge in [0, 0.05) is 52.3 Å². The SMILES string of the molecule is CNC(=O)[C@H]1CN(Cc2ccncc2)C[C@@H]1NC(=O)c1ccn(C)n1. The molecule has 8 heteroatoms. The highest BCUT2D eigenvalue weighted by molar-refractivity contribution is 5.93. The number of hydrogen-bond donors (Lipinski definition) is 2. The van der Waals surface area contributed by atoms with Crippen molar-refractivity contribution in [1.29, 1.82) is 0 Å². The zero-order chi connectivity index (χ0) is 17.8. The molecule has 0 bridgehead atoms. The fourth-order valence-corrected chi connectivity index (χ4v) is 3.14. The van der Waals surface area contributed by atoms with E-state index in [4.69, 9.17) is 0 Å². The summed E-state index contributed by atoms with van der Waals surface area (Å²) in [5.41, 5.74) is 1.48. The summed E-state index contributed by atoms with van der Waals surface area (Å²) >= 11 is 0. The highest BCUT2D eigenvalue weighted by Crippen LogP contribution is 2.20.